The van der Waals surface area contributed by atoms with E-state index in [1.54, 1.807) is 0 Å². The van der Waals surface area contributed by atoms with Gasteiger partial charge in [0.05, 0.1) is 11.2 Å². The largest absolute Gasteiger partial charge is 0.495 e. The predicted octanol–water partition coefficient (Wildman–Crippen LogP) is 3.21. The van der Waals surface area contributed by atoms with Crippen molar-refractivity contribution in [2.75, 3.05) is 6.54 Å². The molecule has 1 N–H and O–H groups in total. The van der Waals surface area contributed by atoms with E-state index in [2.05, 4.69) is 12.2 Å². The fourth-order valence-corrected chi connectivity index (χ4v) is 2.82. The molecule has 1 aromatic rings. The van der Waals surface area contributed by atoms with Crippen molar-refractivity contribution in [2.24, 2.45) is 0 Å². The summed E-state index contributed by atoms with van der Waals surface area (Å²) < 4.78 is 12.3. The van der Waals surface area contributed by atoms with Crippen molar-refractivity contribution >= 4 is 18.5 Å². The Morgan fingerprint density at radius 2 is 1.75 bits per heavy atom. The minimum Gasteiger partial charge on any atom is -0.399 e. The summed E-state index contributed by atoms with van der Waals surface area (Å²) in [6.07, 6.45) is 3.26. The number of nitrogens with one attached hydrogen (secondary N) is 1. The topological polar surface area (TPSA) is 47.6 Å². The number of hydrogen-bond acceptors (Lipinski definition) is 3. The third-order valence-electron chi connectivity index (χ3n) is 5.12. The molecule has 4 nitrogen and oxygen atoms in total. The van der Waals surface area contributed by atoms with Crippen LogP contribution in [0.15, 0.2) is 18.2 Å². The van der Waals surface area contributed by atoms with Gasteiger partial charge in [-0.15, -0.1) is 0 Å². The van der Waals surface area contributed by atoms with Gasteiger partial charge < -0.3 is 14.6 Å². The van der Waals surface area contributed by atoms with Gasteiger partial charge in [-0.3, -0.25) is 4.79 Å². The Labute approximate surface area is 146 Å². The quantitative estimate of drug-likeness (QED) is 0.643. The Morgan fingerprint density at radius 3 is 2.33 bits per heavy atom. The lowest BCUT2D eigenvalue weighted by Crippen LogP contribution is -2.42. The lowest BCUT2D eigenvalue weighted by atomic mass is 9.73. The van der Waals surface area contributed by atoms with Gasteiger partial charge in [-0.05, 0) is 52.6 Å². The fraction of sp³-hybridized carbons (Fsp3) is 0.632. The van der Waals surface area contributed by atoms with Gasteiger partial charge in [0.25, 0.3) is 5.91 Å². The van der Waals surface area contributed by atoms with Crippen LogP contribution in [0.25, 0.3) is 0 Å². The SMILES string of the molecule is CCCCCNC(=O)c1cccc(C)c1B1OC(C)(C)C(C)(C)O1. The van der Waals surface area contributed by atoms with E-state index in [4.69, 9.17) is 9.31 Å². The highest BCUT2D eigenvalue weighted by Crippen LogP contribution is 2.36. The minimum atomic E-state index is -0.521. The van der Waals surface area contributed by atoms with Gasteiger partial charge in [-0.1, -0.05) is 37.5 Å². The van der Waals surface area contributed by atoms with Gasteiger partial charge in [0.1, 0.15) is 0 Å². The third kappa shape index (κ3) is 3.84. The summed E-state index contributed by atoms with van der Waals surface area (Å²) in [6.45, 7) is 12.9. The molecule has 1 heterocycles. The van der Waals surface area contributed by atoms with Crippen LogP contribution < -0.4 is 10.8 Å². The number of unbranched alkanes of at least 4 members (excludes halogenated alkanes) is 2. The Kier molecular flexibility index (Phi) is 5.76. The van der Waals surface area contributed by atoms with Crippen LogP contribution in [0.2, 0.25) is 0 Å². The lowest BCUT2D eigenvalue weighted by Gasteiger charge is -2.32. The first kappa shape index (κ1) is 19.0. The van der Waals surface area contributed by atoms with Gasteiger partial charge in [0.2, 0.25) is 0 Å². The molecule has 132 valence electrons. The van der Waals surface area contributed by atoms with Crippen molar-refractivity contribution in [3.8, 4) is 0 Å². The number of aryl methyl sites for hydroxylation is 1. The summed E-state index contributed by atoms with van der Waals surface area (Å²) in [5.74, 6) is -0.0560. The Bertz CT molecular complexity index is 582. The van der Waals surface area contributed by atoms with E-state index >= 15 is 0 Å². The van der Waals surface area contributed by atoms with Crippen LogP contribution in [0, 0.1) is 6.92 Å². The zero-order valence-electron chi connectivity index (χ0n) is 15.9. The van der Waals surface area contributed by atoms with E-state index in [0.29, 0.717) is 12.1 Å². The van der Waals surface area contributed by atoms with E-state index in [1.165, 1.54) is 0 Å². The highest BCUT2D eigenvalue weighted by atomic mass is 16.7. The molecule has 24 heavy (non-hydrogen) atoms. The molecule has 0 spiro atoms. The minimum absolute atomic E-state index is 0.0560. The first-order chi connectivity index (χ1) is 11.2. The number of rotatable bonds is 6. The molecule has 0 aromatic heterocycles. The number of hydrogen-bond donors (Lipinski definition) is 1. The molecule has 1 aliphatic heterocycles. The summed E-state index contributed by atoms with van der Waals surface area (Å²) in [5, 5.41) is 3.02. The maximum absolute atomic E-state index is 12.6. The van der Waals surface area contributed by atoms with Crippen molar-refractivity contribution in [1.29, 1.82) is 0 Å². The molecule has 1 aliphatic rings. The summed E-state index contributed by atoms with van der Waals surface area (Å²) in [4.78, 5) is 12.6. The number of carbonyl (C=O) groups is 1. The van der Waals surface area contributed by atoms with Crippen LogP contribution in [0.4, 0.5) is 0 Å². The molecule has 0 bridgehead atoms. The maximum atomic E-state index is 12.6. The van der Waals surface area contributed by atoms with Crippen molar-refractivity contribution in [1.82, 2.24) is 5.32 Å². The second-order valence-corrected chi connectivity index (χ2v) is 7.59. The normalized spacial score (nSPS) is 18.7. The van der Waals surface area contributed by atoms with Crippen molar-refractivity contribution in [2.45, 2.75) is 72.0 Å². The van der Waals surface area contributed by atoms with Crippen molar-refractivity contribution < 1.29 is 14.1 Å². The molecule has 1 fully saturated rings. The third-order valence-corrected chi connectivity index (χ3v) is 5.12. The average molecular weight is 331 g/mol. The van der Waals surface area contributed by atoms with E-state index in [-0.39, 0.29) is 5.91 Å². The molecule has 1 aromatic carbocycles. The van der Waals surface area contributed by atoms with Crippen LogP contribution >= 0.6 is 0 Å². The second kappa shape index (κ2) is 7.28. The highest BCUT2D eigenvalue weighted by Gasteiger charge is 2.52. The molecule has 0 unspecified atom stereocenters. The molecule has 0 saturated carbocycles. The van der Waals surface area contributed by atoms with E-state index in [0.717, 1.165) is 30.3 Å². The molecule has 1 saturated heterocycles. The Hall–Kier alpha value is -1.33. The molecular weight excluding hydrogens is 301 g/mol. The van der Waals surface area contributed by atoms with Crippen LogP contribution in [0.1, 0.15) is 69.8 Å². The predicted molar refractivity (Wildman–Crippen MR) is 98.8 cm³/mol. The number of amides is 1. The second-order valence-electron chi connectivity index (χ2n) is 7.59. The smallest absolute Gasteiger partial charge is 0.399 e. The summed E-state index contributed by atoms with van der Waals surface area (Å²) in [5.41, 5.74) is 1.65. The molecule has 5 heteroatoms. The Balaban J connectivity index is 2.23. The van der Waals surface area contributed by atoms with Gasteiger partial charge >= 0.3 is 7.12 Å². The number of carbonyl (C=O) groups excluding carboxylic acids is 1. The standard InChI is InChI=1S/C19H30BNO3/c1-7-8-9-13-21-17(22)15-12-10-11-14(2)16(15)20-23-18(3,4)19(5,6)24-20/h10-12H,7-9,13H2,1-6H3,(H,21,22). The zero-order chi connectivity index (χ0) is 18.0. The lowest BCUT2D eigenvalue weighted by molar-refractivity contribution is 0.00578. The molecular formula is C19H30BNO3. The number of benzene rings is 1. The summed E-state index contributed by atoms with van der Waals surface area (Å²) in [7, 11) is -0.521. The Morgan fingerprint density at radius 1 is 1.12 bits per heavy atom. The molecule has 1 amide bonds. The van der Waals surface area contributed by atoms with Crippen LogP contribution in [0.3, 0.4) is 0 Å². The monoisotopic (exact) mass is 331 g/mol. The van der Waals surface area contributed by atoms with Gasteiger partial charge in [0.15, 0.2) is 0 Å². The van der Waals surface area contributed by atoms with Crippen molar-refractivity contribution in [3.05, 3.63) is 29.3 Å². The highest BCUT2D eigenvalue weighted by molar-refractivity contribution is 6.64. The van der Waals surface area contributed by atoms with E-state index in [1.807, 2.05) is 52.8 Å². The summed E-state index contributed by atoms with van der Waals surface area (Å²) >= 11 is 0. The van der Waals surface area contributed by atoms with Crippen LogP contribution in [0.5, 0.6) is 0 Å². The molecule has 0 atom stereocenters. The molecule has 0 radical (unpaired) electrons. The first-order valence-electron chi connectivity index (χ1n) is 8.93. The zero-order valence-corrected chi connectivity index (χ0v) is 15.9. The van der Waals surface area contributed by atoms with Crippen LogP contribution in [-0.2, 0) is 9.31 Å². The fourth-order valence-electron chi connectivity index (χ4n) is 2.82. The average Bonchev–Trinajstić information content (AvgIpc) is 2.71. The van der Waals surface area contributed by atoms with Crippen LogP contribution in [-0.4, -0.2) is 30.8 Å². The van der Waals surface area contributed by atoms with Gasteiger partial charge in [0, 0.05) is 12.1 Å². The van der Waals surface area contributed by atoms with Crippen molar-refractivity contribution in [3.63, 3.8) is 0 Å². The molecule has 0 aliphatic carbocycles. The maximum Gasteiger partial charge on any atom is 0.495 e. The first-order valence-corrected chi connectivity index (χ1v) is 8.93. The van der Waals surface area contributed by atoms with E-state index in [9.17, 15) is 4.79 Å². The van der Waals surface area contributed by atoms with Gasteiger partial charge in [-0.25, -0.2) is 0 Å². The van der Waals surface area contributed by atoms with Gasteiger partial charge in [-0.2, -0.15) is 0 Å². The summed E-state index contributed by atoms with van der Waals surface area (Å²) in [6, 6.07) is 5.75. The molecule has 2 rings (SSSR count). The van der Waals surface area contributed by atoms with E-state index < -0.39 is 18.3 Å².